The van der Waals surface area contributed by atoms with Crippen LogP contribution in [0, 0.1) is 58.2 Å². The average molecular weight is 1050 g/mol. The molecule has 0 aromatic heterocycles. The van der Waals surface area contributed by atoms with E-state index in [2.05, 4.69) is 34.6 Å². The minimum atomic E-state index is -4.39. The third-order valence-electron chi connectivity index (χ3n) is 18.3. The molecule has 0 bridgehead atoms. The molecule has 408 valence electrons. The van der Waals surface area contributed by atoms with Gasteiger partial charge in [0.1, 0.15) is 24.4 Å². The second kappa shape index (κ2) is 24.4. The largest absolute Gasteiger partial charge is 0.472 e. The Balaban J connectivity index is 0.000000220. The zero-order chi connectivity index (χ0) is 52.3. The van der Waals surface area contributed by atoms with E-state index in [1.165, 1.54) is 44.9 Å². The number of phosphoric acid groups is 2. The molecular formula is C56H90O14P2. The maximum atomic E-state index is 12.8. The van der Waals surface area contributed by atoms with Crippen LogP contribution >= 0.6 is 15.6 Å². The SMILES string of the molecule is CC(C)C[C@H]1O[C@@H](C)[C@H](O)[C@@H]1OP(=O)(O)OCCC[C@@H](C)[C@H]1CC[C@H]2[C@@H]3CCC4C[C@H](O)CC[C@]4(C)[C@H]3CC[C@]12C.CC(C)C[C@H]1O[C@@H](C)[C@H](O)[C@@H]1OP(=O)(O)OCc1ccc(-c2ccc(CO)cc2)cc1. The van der Waals surface area contributed by atoms with Crippen LogP contribution in [0.2, 0.25) is 0 Å². The second-order valence-corrected chi connectivity index (χ2v) is 27.0. The van der Waals surface area contributed by atoms with Gasteiger partial charge in [0.05, 0.1) is 50.3 Å². The first-order valence-corrected chi connectivity index (χ1v) is 30.4. The molecule has 0 radical (unpaired) electrons. The molecule has 14 nitrogen and oxygen atoms in total. The molecule has 16 heteroatoms. The first kappa shape index (κ1) is 58.1. The van der Waals surface area contributed by atoms with Gasteiger partial charge >= 0.3 is 15.6 Å². The van der Waals surface area contributed by atoms with Crippen molar-refractivity contribution >= 4 is 15.6 Å². The Morgan fingerprint density at radius 3 is 1.72 bits per heavy atom. The van der Waals surface area contributed by atoms with Crippen molar-refractivity contribution in [2.45, 2.75) is 214 Å². The Bertz CT molecular complexity index is 2120. The lowest BCUT2D eigenvalue weighted by molar-refractivity contribution is -0.129. The molecule has 6 aliphatic rings. The second-order valence-electron chi connectivity index (χ2n) is 24.2. The molecule has 2 aromatic rings. The number of hydrogen-bond acceptors (Lipinski definition) is 12. The highest BCUT2D eigenvalue weighted by Crippen LogP contribution is 2.68. The van der Waals surface area contributed by atoms with Crippen molar-refractivity contribution < 1.29 is 66.9 Å². The summed E-state index contributed by atoms with van der Waals surface area (Å²) in [6.45, 7) is 19.2. The van der Waals surface area contributed by atoms with Crippen LogP contribution in [0.1, 0.15) is 157 Å². The minimum absolute atomic E-state index is 0.000975. The topological polar surface area (TPSA) is 211 Å². The average Bonchev–Trinajstić information content (AvgIpc) is 3.91. The van der Waals surface area contributed by atoms with Crippen LogP contribution in [-0.2, 0) is 49.9 Å². The summed E-state index contributed by atoms with van der Waals surface area (Å²) in [5.74, 6) is 4.99. The van der Waals surface area contributed by atoms with E-state index in [9.17, 15) is 34.2 Å². The normalized spacial score (nSPS) is 38.6. The predicted molar refractivity (Wildman–Crippen MR) is 277 cm³/mol. The highest BCUT2D eigenvalue weighted by molar-refractivity contribution is 7.47. The van der Waals surface area contributed by atoms with Crippen LogP contribution < -0.4 is 0 Å². The van der Waals surface area contributed by atoms with Gasteiger partial charge in [0.25, 0.3) is 0 Å². The van der Waals surface area contributed by atoms with E-state index >= 15 is 0 Å². The summed E-state index contributed by atoms with van der Waals surface area (Å²) in [6.07, 6.45) is 8.46. The monoisotopic (exact) mass is 1050 g/mol. The summed E-state index contributed by atoms with van der Waals surface area (Å²) in [5, 5.41) is 40.3. The molecule has 3 unspecified atom stereocenters. The van der Waals surface area contributed by atoms with Crippen molar-refractivity contribution in [3.05, 3.63) is 59.7 Å². The molecule has 4 saturated carbocycles. The van der Waals surface area contributed by atoms with Gasteiger partial charge in [0, 0.05) is 0 Å². The van der Waals surface area contributed by atoms with Crippen LogP contribution in [0.15, 0.2) is 48.5 Å². The molecule has 2 aromatic carbocycles. The van der Waals surface area contributed by atoms with E-state index in [1.54, 1.807) is 13.8 Å². The zero-order valence-corrected chi connectivity index (χ0v) is 46.4. The number of ether oxygens (including phenoxy) is 2. The Hall–Kier alpha value is -1.58. The summed E-state index contributed by atoms with van der Waals surface area (Å²) < 4.78 is 58.2. The summed E-state index contributed by atoms with van der Waals surface area (Å²) in [7, 11) is -8.70. The number of phosphoric ester groups is 2. The first-order valence-electron chi connectivity index (χ1n) is 27.4. The van der Waals surface area contributed by atoms with Crippen molar-refractivity contribution in [2.24, 2.45) is 58.2 Å². The summed E-state index contributed by atoms with van der Waals surface area (Å²) in [4.78, 5) is 20.7. The molecule has 0 amide bonds. The third-order valence-corrected chi connectivity index (χ3v) is 20.3. The Morgan fingerprint density at radius 1 is 0.667 bits per heavy atom. The van der Waals surface area contributed by atoms with Crippen LogP contribution in [0.25, 0.3) is 11.1 Å². The maximum absolute atomic E-state index is 12.8. The lowest BCUT2D eigenvalue weighted by Gasteiger charge is -2.61. The molecular weight excluding hydrogens is 959 g/mol. The van der Waals surface area contributed by atoms with Crippen molar-refractivity contribution in [1.82, 2.24) is 0 Å². The van der Waals surface area contributed by atoms with Crippen LogP contribution in [-0.4, -0.2) is 91.8 Å². The van der Waals surface area contributed by atoms with E-state index in [0.717, 1.165) is 60.1 Å². The number of fused-ring (bicyclic) bond motifs is 5. The fraction of sp³-hybridized carbons (Fsp3) is 0.786. The van der Waals surface area contributed by atoms with Gasteiger partial charge in [-0.15, -0.1) is 0 Å². The summed E-state index contributed by atoms with van der Waals surface area (Å²) in [6, 6.07) is 15.0. The van der Waals surface area contributed by atoms with Gasteiger partial charge in [-0.3, -0.25) is 18.1 Å². The summed E-state index contributed by atoms with van der Waals surface area (Å²) in [5.41, 5.74) is 4.33. The molecule has 2 saturated heterocycles. The van der Waals surface area contributed by atoms with Gasteiger partial charge in [-0.25, -0.2) is 9.13 Å². The number of rotatable bonds is 19. The minimum Gasteiger partial charge on any atom is -0.393 e. The fourth-order valence-electron chi connectivity index (χ4n) is 14.5. The van der Waals surface area contributed by atoms with Crippen molar-refractivity contribution in [2.75, 3.05) is 6.61 Å². The van der Waals surface area contributed by atoms with Crippen molar-refractivity contribution in [3.8, 4) is 11.1 Å². The highest BCUT2D eigenvalue weighted by Gasteiger charge is 2.60. The lowest BCUT2D eigenvalue weighted by Crippen LogP contribution is -2.54. The Kier molecular flexibility index (Phi) is 19.7. The molecule has 6 N–H and O–H groups in total. The van der Waals surface area contributed by atoms with E-state index in [0.29, 0.717) is 52.9 Å². The fourth-order valence-corrected chi connectivity index (χ4v) is 16.5. The molecule has 4 aliphatic carbocycles. The van der Waals surface area contributed by atoms with Gasteiger partial charge < -0.3 is 39.7 Å². The smallest absolute Gasteiger partial charge is 0.393 e. The predicted octanol–water partition coefficient (Wildman–Crippen LogP) is 11.2. The van der Waals surface area contributed by atoms with Gasteiger partial charge in [-0.2, -0.15) is 0 Å². The molecule has 19 atom stereocenters. The molecule has 72 heavy (non-hydrogen) atoms. The molecule has 2 heterocycles. The van der Waals surface area contributed by atoms with Gasteiger partial charge in [-0.1, -0.05) is 97.0 Å². The summed E-state index contributed by atoms with van der Waals surface area (Å²) >= 11 is 0. The van der Waals surface area contributed by atoms with Gasteiger partial charge in [0.2, 0.25) is 0 Å². The number of aliphatic hydroxyl groups excluding tert-OH is 4. The molecule has 0 spiro atoms. The van der Waals surface area contributed by atoms with Gasteiger partial charge in [-0.05, 0) is 178 Å². The quantitative estimate of drug-likeness (QED) is 0.0571. The highest BCUT2D eigenvalue weighted by atomic mass is 31.2. The molecule has 6 fully saturated rings. The number of aliphatic hydroxyl groups is 4. The number of benzene rings is 2. The molecule has 2 aliphatic heterocycles. The van der Waals surface area contributed by atoms with Crippen LogP contribution in [0.4, 0.5) is 0 Å². The van der Waals surface area contributed by atoms with Crippen molar-refractivity contribution in [1.29, 1.82) is 0 Å². The third kappa shape index (κ3) is 13.7. The van der Waals surface area contributed by atoms with E-state index < -0.39 is 64.5 Å². The Labute approximate surface area is 430 Å². The van der Waals surface area contributed by atoms with Crippen molar-refractivity contribution in [3.63, 3.8) is 0 Å². The van der Waals surface area contributed by atoms with Gasteiger partial charge in [0.15, 0.2) is 0 Å². The number of hydrogen-bond donors (Lipinski definition) is 6. The molecule has 8 rings (SSSR count). The van der Waals surface area contributed by atoms with Crippen LogP contribution in [0.5, 0.6) is 0 Å². The Morgan fingerprint density at radius 2 is 1.18 bits per heavy atom. The van der Waals surface area contributed by atoms with E-state index in [4.69, 9.17) is 32.7 Å². The first-order chi connectivity index (χ1) is 33.9. The van der Waals surface area contributed by atoms with E-state index in [-0.39, 0.29) is 31.8 Å². The maximum Gasteiger partial charge on any atom is 0.472 e. The van der Waals surface area contributed by atoms with Crippen LogP contribution in [0.3, 0.4) is 0 Å². The standard InChI is InChI=1S/C33H59O7P.C23H31O7P/c1-20(2)18-29-31(30(35)22(4)39-29)40-41(36,37)38-17-7-8-21(3)26-11-12-27-25-10-9-23-19-24(34)13-15-32(23,5)28(25)14-16-33(26,27)6;1-15(2)12-21-23(22(25)16(3)29-21)30-31(26,27)28-14-18-6-10-20(11-7-18)19-8-4-17(13-24)5-9-19/h20-31,34-35H,7-19H2,1-6H3,(H,36,37);4-11,15-16,21-25H,12-14H2,1-3H3,(H,26,27)/t21-,22+,23?,24-,25+,26-,27+,28+,29-,30+,31-,32+,33-;16-,21+,22-,23+/m10/s1. The van der Waals surface area contributed by atoms with E-state index in [1.807, 2.05) is 62.4 Å². The lowest BCUT2D eigenvalue weighted by atomic mass is 9.44. The zero-order valence-electron chi connectivity index (χ0n) is 44.6.